The fourth-order valence-electron chi connectivity index (χ4n) is 6.90. The number of fused-ring (bicyclic) bond motifs is 4. The second-order valence-electron chi connectivity index (χ2n) is 12.8. The van der Waals surface area contributed by atoms with E-state index in [0.717, 1.165) is 33.4 Å². The zero-order chi connectivity index (χ0) is 36.0. The summed E-state index contributed by atoms with van der Waals surface area (Å²) in [7, 11) is 0. The Morgan fingerprint density at radius 3 is 2.21 bits per heavy atom. The van der Waals surface area contributed by atoms with E-state index in [1.165, 1.54) is 6.92 Å². The summed E-state index contributed by atoms with van der Waals surface area (Å²) in [4.78, 5) is 29.9. The number of aliphatic hydroxyl groups is 1. The van der Waals surface area contributed by atoms with Crippen molar-refractivity contribution in [2.24, 2.45) is 5.11 Å². The normalized spacial score (nSPS) is 24.6. The van der Waals surface area contributed by atoms with Gasteiger partial charge in [-0.15, -0.1) is 0 Å². The predicted molar refractivity (Wildman–Crippen MR) is 186 cm³/mol. The van der Waals surface area contributed by atoms with Crippen LogP contribution in [0.3, 0.4) is 0 Å². The standard InChI is InChI=1S/C39H38N4O9/c1-23(50-38-33(42-43-40)34(44)35-31(51-38)22-48-37(52-35)25-14-6-3-7-15-25)32(36(45)47-20-24-12-4-2-5-13-24)41-39(46)49-21-30-28-18-10-8-16-26(28)27-17-9-11-19-29(27)30/h2-19,23,30-35,37-38,44H,20-22H2,1H3,(H,41,46)/t23-,31-,32+,33-,34-,35+,37?,38+/m1/s1. The summed E-state index contributed by atoms with van der Waals surface area (Å²) >= 11 is 0. The topological polar surface area (TPSA) is 171 Å². The molecular weight excluding hydrogens is 668 g/mol. The van der Waals surface area contributed by atoms with Gasteiger partial charge in [0.1, 0.15) is 31.5 Å². The number of amides is 1. The molecular formula is C39H38N4O9. The number of hydrogen-bond acceptors (Lipinski definition) is 10. The first-order valence-corrected chi connectivity index (χ1v) is 17.1. The number of ether oxygens (including phenoxy) is 6. The van der Waals surface area contributed by atoms with Crippen molar-refractivity contribution in [2.75, 3.05) is 13.2 Å². The van der Waals surface area contributed by atoms with E-state index in [9.17, 15) is 20.2 Å². The Bertz CT molecular complexity index is 1860. The Balaban J connectivity index is 1.06. The molecule has 13 heteroatoms. The molecule has 2 saturated heterocycles. The Hall–Kier alpha value is -5.27. The van der Waals surface area contributed by atoms with Gasteiger partial charge in [-0.1, -0.05) is 114 Å². The largest absolute Gasteiger partial charge is 0.459 e. The summed E-state index contributed by atoms with van der Waals surface area (Å²) in [6, 6.07) is 31.6. The highest BCUT2D eigenvalue weighted by molar-refractivity contribution is 5.82. The van der Waals surface area contributed by atoms with E-state index in [2.05, 4.69) is 15.3 Å². The average molecular weight is 707 g/mol. The summed E-state index contributed by atoms with van der Waals surface area (Å²) < 4.78 is 35.6. The number of carbonyl (C=O) groups is 2. The van der Waals surface area contributed by atoms with Crippen molar-refractivity contribution < 1.29 is 43.1 Å². The van der Waals surface area contributed by atoms with Crippen molar-refractivity contribution in [2.45, 2.75) is 68.5 Å². The van der Waals surface area contributed by atoms with Crippen LogP contribution in [0.4, 0.5) is 4.79 Å². The smallest absolute Gasteiger partial charge is 0.407 e. The summed E-state index contributed by atoms with van der Waals surface area (Å²) in [5.74, 6) is -0.999. The van der Waals surface area contributed by atoms with Gasteiger partial charge in [0.05, 0.1) is 18.8 Å². The van der Waals surface area contributed by atoms with Gasteiger partial charge in [0.15, 0.2) is 18.6 Å². The highest BCUT2D eigenvalue weighted by Crippen LogP contribution is 2.44. The maximum atomic E-state index is 13.6. The summed E-state index contributed by atoms with van der Waals surface area (Å²) in [6.45, 7) is 1.53. The Morgan fingerprint density at radius 2 is 1.54 bits per heavy atom. The Labute approximate surface area is 300 Å². The SMILES string of the molecule is C[C@@H](O[C@H]1O[C@@H]2COC(c3ccccc3)O[C@@H]2[C@H](O)[C@H]1N=[N+]=[N-])[C@H](NC(=O)OCC1c2ccccc2-c2ccccc21)C(=O)OCc1ccccc1. The van der Waals surface area contributed by atoms with E-state index in [4.69, 9.17) is 28.4 Å². The van der Waals surface area contributed by atoms with Crippen molar-refractivity contribution in [1.82, 2.24) is 5.32 Å². The first kappa shape index (κ1) is 35.1. The van der Waals surface area contributed by atoms with Crippen LogP contribution in [0.25, 0.3) is 21.6 Å². The molecule has 1 unspecified atom stereocenters. The highest BCUT2D eigenvalue weighted by Gasteiger charge is 2.50. The van der Waals surface area contributed by atoms with Gasteiger partial charge >= 0.3 is 12.1 Å². The number of azide groups is 1. The van der Waals surface area contributed by atoms with E-state index in [0.29, 0.717) is 0 Å². The fourth-order valence-corrected chi connectivity index (χ4v) is 6.90. The second-order valence-corrected chi connectivity index (χ2v) is 12.8. The molecule has 0 radical (unpaired) electrons. The van der Waals surface area contributed by atoms with E-state index in [-0.39, 0.29) is 25.7 Å². The summed E-state index contributed by atoms with van der Waals surface area (Å²) in [6.07, 6.45) is -7.13. The fraction of sp³-hybridized carbons (Fsp3) is 0.333. The molecule has 3 aliphatic rings. The minimum Gasteiger partial charge on any atom is -0.459 e. The molecule has 0 aromatic heterocycles. The van der Waals surface area contributed by atoms with E-state index >= 15 is 0 Å². The number of aliphatic hydroxyl groups excluding tert-OH is 1. The van der Waals surface area contributed by atoms with E-state index in [1.54, 1.807) is 12.1 Å². The van der Waals surface area contributed by atoms with E-state index < -0.39 is 61.1 Å². The highest BCUT2D eigenvalue weighted by atomic mass is 16.7. The molecule has 0 saturated carbocycles. The average Bonchev–Trinajstić information content (AvgIpc) is 3.50. The zero-order valence-electron chi connectivity index (χ0n) is 28.3. The molecule has 8 atom stereocenters. The molecule has 2 N–H and O–H groups in total. The molecule has 4 aromatic rings. The van der Waals surface area contributed by atoms with Crippen LogP contribution in [0.1, 0.15) is 41.4 Å². The van der Waals surface area contributed by atoms with Gasteiger partial charge < -0.3 is 38.8 Å². The number of hydrogen-bond donors (Lipinski definition) is 2. The first-order valence-electron chi connectivity index (χ1n) is 17.1. The quantitative estimate of drug-likeness (QED) is 0.0832. The van der Waals surface area contributed by atoms with Crippen molar-refractivity contribution in [3.05, 3.63) is 142 Å². The molecule has 0 spiro atoms. The minimum absolute atomic E-state index is 0.0187. The minimum atomic E-state index is -1.38. The number of alkyl carbamates (subject to hydrolysis) is 1. The number of esters is 1. The first-order chi connectivity index (χ1) is 25.4. The van der Waals surface area contributed by atoms with Gasteiger partial charge in [0, 0.05) is 16.4 Å². The Kier molecular flexibility index (Phi) is 10.8. The molecule has 4 aromatic carbocycles. The molecule has 7 rings (SSSR count). The molecule has 268 valence electrons. The van der Waals surface area contributed by atoms with Crippen LogP contribution in [0.5, 0.6) is 0 Å². The van der Waals surface area contributed by atoms with Crippen LogP contribution in [0.15, 0.2) is 114 Å². The molecule has 1 aliphatic carbocycles. The van der Waals surface area contributed by atoms with Gasteiger partial charge in [-0.3, -0.25) is 0 Å². The van der Waals surface area contributed by atoms with Crippen LogP contribution in [0, 0.1) is 0 Å². The van der Waals surface area contributed by atoms with Gasteiger partial charge in [0.2, 0.25) is 0 Å². The number of rotatable bonds is 11. The van der Waals surface area contributed by atoms with Crippen LogP contribution < -0.4 is 5.32 Å². The molecule has 52 heavy (non-hydrogen) atoms. The number of nitrogens with one attached hydrogen (secondary N) is 1. The van der Waals surface area contributed by atoms with E-state index in [1.807, 2.05) is 97.1 Å². The lowest BCUT2D eigenvalue weighted by molar-refractivity contribution is -0.346. The molecule has 0 bridgehead atoms. The van der Waals surface area contributed by atoms with Crippen molar-refractivity contribution in [3.8, 4) is 11.1 Å². The number of benzene rings is 4. The summed E-state index contributed by atoms with van der Waals surface area (Å²) in [5, 5.41) is 17.8. The van der Waals surface area contributed by atoms with Gasteiger partial charge in [0.25, 0.3) is 0 Å². The molecule has 2 aliphatic heterocycles. The predicted octanol–water partition coefficient (Wildman–Crippen LogP) is 5.92. The summed E-state index contributed by atoms with van der Waals surface area (Å²) in [5.41, 5.74) is 15.1. The number of carbonyl (C=O) groups excluding carboxylic acids is 2. The lowest BCUT2D eigenvalue weighted by Crippen LogP contribution is -2.62. The van der Waals surface area contributed by atoms with Gasteiger partial charge in [-0.05, 0) is 40.3 Å². The lowest BCUT2D eigenvalue weighted by Gasteiger charge is -2.47. The van der Waals surface area contributed by atoms with Crippen LogP contribution in [-0.2, 0) is 39.8 Å². The third kappa shape index (κ3) is 7.51. The van der Waals surface area contributed by atoms with Gasteiger partial charge in [-0.2, -0.15) is 0 Å². The molecule has 13 nitrogen and oxygen atoms in total. The lowest BCUT2D eigenvalue weighted by atomic mass is 9.96. The van der Waals surface area contributed by atoms with Gasteiger partial charge in [-0.25, -0.2) is 9.59 Å². The molecule has 2 fully saturated rings. The monoisotopic (exact) mass is 706 g/mol. The maximum Gasteiger partial charge on any atom is 0.407 e. The third-order valence-corrected chi connectivity index (χ3v) is 9.50. The molecule has 1 amide bonds. The van der Waals surface area contributed by atoms with Crippen molar-refractivity contribution in [1.29, 1.82) is 0 Å². The van der Waals surface area contributed by atoms with Crippen molar-refractivity contribution in [3.63, 3.8) is 0 Å². The van der Waals surface area contributed by atoms with Crippen LogP contribution in [0.2, 0.25) is 0 Å². The second kappa shape index (κ2) is 16.0. The Morgan fingerprint density at radius 1 is 0.904 bits per heavy atom. The maximum absolute atomic E-state index is 13.6. The number of nitrogens with zero attached hydrogens (tertiary/aromatic N) is 3. The van der Waals surface area contributed by atoms with Crippen LogP contribution in [-0.4, -0.2) is 73.2 Å². The van der Waals surface area contributed by atoms with Crippen molar-refractivity contribution >= 4 is 12.1 Å². The third-order valence-electron chi connectivity index (χ3n) is 9.50. The zero-order valence-corrected chi connectivity index (χ0v) is 28.3. The molecule has 2 heterocycles. The van der Waals surface area contributed by atoms with Crippen LogP contribution >= 0.6 is 0 Å².